The Morgan fingerprint density at radius 3 is 2.84 bits per heavy atom. The number of benzene rings is 1. The smallest absolute Gasteiger partial charge is 0.343 e. The van der Waals surface area contributed by atoms with Crippen molar-refractivity contribution in [1.29, 1.82) is 0 Å². The normalized spacial score (nSPS) is 20.9. The van der Waals surface area contributed by atoms with Crippen molar-refractivity contribution < 1.29 is 18.7 Å². The van der Waals surface area contributed by atoms with E-state index in [-0.39, 0.29) is 6.42 Å². The number of para-hydroxylation sites is 1. The van der Waals surface area contributed by atoms with Crippen molar-refractivity contribution in [3.63, 3.8) is 0 Å². The molecule has 0 N–H and O–H groups in total. The zero-order chi connectivity index (χ0) is 13.6. The number of fused-ring (bicyclic) bond motifs is 3. The summed E-state index contributed by atoms with van der Waals surface area (Å²) in [6.45, 7) is 2.93. The lowest BCUT2D eigenvalue weighted by atomic mass is 10.1. The number of esters is 1. The van der Waals surface area contributed by atoms with Crippen molar-refractivity contribution >= 4 is 16.9 Å². The maximum atomic E-state index is 11.9. The minimum Gasteiger partial charge on any atom is -0.451 e. The summed E-state index contributed by atoms with van der Waals surface area (Å²) in [5, 5.41) is 0.702. The fourth-order valence-corrected chi connectivity index (χ4v) is 2.36. The van der Waals surface area contributed by atoms with Gasteiger partial charge in [-0.15, -0.1) is 0 Å². The molecule has 1 unspecified atom stereocenters. The van der Waals surface area contributed by atoms with E-state index in [0.717, 1.165) is 0 Å². The highest BCUT2D eigenvalue weighted by atomic mass is 16.7. The summed E-state index contributed by atoms with van der Waals surface area (Å²) in [4.78, 5) is 23.0. The van der Waals surface area contributed by atoms with Crippen LogP contribution in [-0.2, 0) is 16.0 Å². The molecule has 0 fully saturated rings. The van der Waals surface area contributed by atoms with Gasteiger partial charge in [0.1, 0.15) is 11.3 Å². The lowest BCUT2D eigenvalue weighted by Gasteiger charge is -2.22. The van der Waals surface area contributed by atoms with Crippen LogP contribution in [0.2, 0.25) is 0 Å². The highest BCUT2D eigenvalue weighted by molar-refractivity contribution is 5.85. The van der Waals surface area contributed by atoms with E-state index in [1.54, 1.807) is 25.1 Å². The molecule has 1 aromatic heterocycles. The van der Waals surface area contributed by atoms with Crippen molar-refractivity contribution in [2.24, 2.45) is 0 Å². The molecule has 1 aliphatic heterocycles. The quantitative estimate of drug-likeness (QED) is 0.579. The van der Waals surface area contributed by atoms with Crippen LogP contribution in [0.3, 0.4) is 0 Å². The largest absolute Gasteiger partial charge is 0.451 e. The molecule has 3 rings (SSSR count). The van der Waals surface area contributed by atoms with E-state index in [1.165, 1.54) is 6.92 Å². The average molecular weight is 260 g/mol. The molecule has 0 amide bonds. The van der Waals surface area contributed by atoms with E-state index in [4.69, 9.17) is 13.9 Å². The summed E-state index contributed by atoms with van der Waals surface area (Å²) in [5.74, 6) is -1.16. The fraction of sp³-hybridized carbons (Fsp3) is 0.286. The predicted molar refractivity (Wildman–Crippen MR) is 67.0 cm³/mol. The predicted octanol–water partition coefficient (Wildman–Crippen LogP) is 2.01. The van der Waals surface area contributed by atoms with Crippen LogP contribution in [0.1, 0.15) is 19.4 Å². The van der Waals surface area contributed by atoms with E-state index < -0.39 is 17.4 Å². The molecule has 1 aromatic carbocycles. The van der Waals surface area contributed by atoms with Crippen molar-refractivity contribution in [2.75, 3.05) is 0 Å². The topological polar surface area (TPSA) is 65.7 Å². The number of hydrogen-bond acceptors (Lipinski definition) is 5. The zero-order valence-electron chi connectivity index (χ0n) is 10.6. The molecule has 98 valence electrons. The van der Waals surface area contributed by atoms with Gasteiger partial charge in [0, 0.05) is 13.8 Å². The van der Waals surface area contributed by atoms with Crippen LogP contribution in [0.5, 0.6) is 5.75 Å². The van der Waals surface area contributed by atoms with Gasteiger partial charge in [0.2, 0.25) is 0 Å². The molecule has 5 heteroatoms. The van der Waals surface area contributed by atoms with Gasteiger partial charge < -0.3 is 13.9 Å². The minimum absolute atomic E-state index is 0.190. The third kappa shape index (κ3) is 1.87. The summed E-state index contributed by atoms with van der Waals surface area (Å²) in [5.41, 5.74) is 0.408. The SMILES string of the molecule is CC(=O)OC1(C)Cc2c(c3ccccc3oc2=O)O1. The Bertz CT molecular complexity index is 730. The lowest BCUT2D eigenvalue weighted by molar-refractivity contribution is -0.183. The molecular formula is C14H12O5. The van der Waals surface area contributed by atoms with Gasteiger partial charge in [-0.1, -0.05) is 12.1 Å². The average Bonchev–Trinajstić information content (AvgIpc) is 2.66. The Balaban J connectivity index is 2.17. The Hall–Kier alpha value is -2.30. The third-order valence-electron chi connectivity index (χ3n) is 3.03. The zero-order valence-corrected chi connectivity index (χ0v) is 10.6. The van der Waals surface area contributed by atoms with Gasteiger partial charge in [0.25, 0.3) is 5.79 Å². The number of hydrogen-bond donors (Lipinski definition) is 0. The van der Waals surface area contributed by atoms with E-state index in [1.807, 2.05) is 6.07 Å². The third-order valence-corrected chi connectivity index (χ3v) is 3.03. The highest BCUT2D eigenvalue weighted by Crippen LogP contribution is 2.38. The molecule has 0 saturated heterocycles. The Labute approximate surface area is 108 Å². The Kier molecular flexibility index (Phi) is 2.38. The van der Waals surface area contributed by atoms with Gasteiger partial charge in [-0.25, -0.2) is 4.79 Å². The van der Waals surface area contributed by atoms with Gasteiger partial charge in [0.05, 0.1) is 17.4 Å². The fourth-order valence-electron chi connectivity index (χ4n) is 2.36. The molecule has 1 aliphatic rings. The Morgan fingerprint density at radius 2 is 2.11 bits per heavy atom. The van der Waals surface area contributed by atoms with Gasteiger partial charge >= 0.3 is 11.6 Å². The van der Waals surface area contributed by atoms with Crippen LogP contribution in [0.25, 0.3) is 11.0 Å². The summed E-state index contributed by atoms with van der Waals surface area (Å²) >= 11 is 0. The monoisotopic (exact) mass is 260 g/mol. The number of carbonyl (C=O) groups is 1. The number of ether oxygens (including phenoxy) is 2. The molecule has 0 saturated carbocycles. The van der Waals surface area contributed by atoms with Crippen molar-refractivity contribution in [3.05, 3.63) is 40.2 Å². The van der Waals surface area contributed by atoms with E-state index >= 15 is 0 Å². The molecule has 1 atom stereocenters. The van der Waals surface area contributed by atoms with Crippen LogP contribution >= 0.6 is 0 Å². The molecule has 0 spiro atoms. The van der Waals surface area contributed by atoms with E-state index in [2.05, 4.69) is 0 Å². The van der Waals surface area contributed by atoms with Crippen LogP contribution in [0.4, 0.5) is 0 Å². The number of carbonyl (C=O) groups excluding carboxylic acids is 1. The van der Waals surface area contributed by atoms with Crippen LogP contribution in [0.15, 0.2) is 33.5 Å². The van der Waals surface area contributed by atoms with Gasteiger partial charge in [-0.3, -0.25) is 4.79 Å². The second kappa shape index (κ2) is 3.85. The maximum absolute atomic E-state index is 11.9. The second-order valence-corrected chi connectivity index (χ2v) is 4.70. The summed E-state index contributed by atoms with van der Waals surface area (Å²) in [6.07, 6.45) is 0.190. The molecule has 2 heterocycles. The first kappa shape index (κ1) is 11.8. The molecule has 2 aromatic rings. The minimum atomic E-state index is -1.15. The van der Waals surface area contributed by atoms with Crippen molar-refractivity contribution in [1.82, 2.24) is 0 Å². The summed E-state index contributed by atoms with van der Waals surface area (Å²) in [7, 11) is 0. The van der Waals surface area contributed by atoms with E-state index in [0.29, 0.717) is 22.3 Å². The van der Waals surface area contributed by atoms with Gasteiger partial charge in [-0.05, 0) is 12.1 Å². The first-order valence-corrected chi connectivity index (χ1v) is 5.92. The molecule has 0 aliphatic carbocycles. The molecule has 0 radical (unpaired) electrons. The first-order valence-electron chi connectivity index (χ1n) is 5.92. The molecule has 5 nitrogen and oxygen atoms in total. The van der Waals surface area contributed by atoms with E-state index in [9.17, 15) is 9.59 Å². The maximum Gasteiger partial charge on any atom is 0.343 e. The van der Waals surface area contributed by atoms with Crippen molar-refractivity contribution in [3.8, 4) is 5.75 Å². The van der Waals surface area contributed by atoms with Crippen LogP contribution in [0, 0.1) is 0 Å². The van der Waals surface area contributed by atoms with Crippen LogP contribution in [-0.4, -0.2) is 11.8 Å². The summed E-state index contributed by atoms with van der Waals surface area (Å²) < 4.78 is 16.1. The van der Waals surface area contributed by atoms with Gasteiger partial charge in [-0.2, -0.15) is 0 Å². The summed E-state index contributed by atoms with van der Waals surface area (Å²) in [6, 6.07) is 7.10. The molecule has 0 bridgehead atoms. The standard InChI is InChI=1S/C14H12O5/c1-8(15)18-14(2)7-10-12(19-14)9-5-3-4-6-11(9)17-13(10)16/h3-6H,7H2,1-2H3. The number of rotatable bonds is 1. The molecular weight excluding hydrogens is 248 g/mol. The van der Waals surface area contributed by atoms with Crippen LogP contribution < -0.4 is 10.4 Å². The lowest BCUT2D eigenvalue weighted by Crippen LogP contribution is -2.35. The van der Waals surface area contributed by atoms with Crippen molar-refractivity contribution in [2.45, 2.75) is 26.1 Å². The van der Waals surface area contributed by atoms with Gasteiger partial charge in [0.15, 0.2) is 0 Å². The Morgan fingerprint density at radius 1 is 1.37 bits per heavy atom. The first-order chi connectivity index (χ1) is 8.98. The highest BCUT2D eigenvalue weighted by Gasteiger charge is 2.41. The second-order valence-electron chi connectivity index (χ2n) is 4.70. The molecule has 19 heavy (non-hydrogen) atoms.